The molecule has 0 radical (unpaired) electrons. The van der Waals surface area contributed by atoms with Gasteiger partial charge in [-0.05, 0) is 63.1 Å². The standard InChI is InChI=1S/C22H24F3N3O2/c1-4-30-10-6-9-27-21(29)18(14-26)12-17-11-15(2)28(16(17)3)20-8-5-7-19(13-20)22(23,24)25/h5,7-8,11-13H,4,6,9-10H2,1-3H3,(H,27,29)/b18-12+. The van der Waals surface area contributed by atoms with Gasteiger partial charge in [-0.25, -0.2) is 0 Å². The third-order valence-corrected chi connectivity index (χ3v) is 4.52. The summed E-state index contributed by atoms with van der Waals surface area (Å²) in [6.45, 7) is 6.85. The Balaban J connectivity index is 2.28. The molecule has 5 nitrogen and oxygen atoms in total. The van der Waals surface area contributed by atoms with Gasteiger partial charge in [-0.1, -0.05) is 6.07 Å². The van der Waals surface area contributed by atoms with Crippen LogP contribution in [0.5, 0.6) is 0 Å². The highest BCUT2D eigenvalue weighted by Crippen LogP contribution is 2.31. The molecule has 160 valence electrons. The number of ether oxygens (including phenoxy) is 1. The minimum atomic E-state index is -4.44. The van der Waals surface area contributed by atoms with Crippen LogP contribution in [0.25, 0.3) is 11.8 Å². The Morgan fingerprint density at radius 3 is 2.67 bits per heavy atom. The lowest BCUT2D eigenvalue weighted by atomic mass is 10.1. The molecule has 0 spiro atoms. The van der Waals surface area contributed by atoms with Crippen LogP contribution in [0.2, 0.25) is 0 Å². The van der Waals surface area contributed by atoms with Gasteiger partial charge in [0, 0.05) is 36.8 Å². The molecule has 0 unspecified atom stereocenters. The number of aromatic nitrogens is 1. The van der Waals surface area contributed by atoms with Gasteiger partial charge in [-0.15, -0.1) is 0 Å². The molecule has 1 N–H and O–H groups in total. The van der Waals surface area contributed by atoms with Crippen LogP contribution in [0.3, 0.4) is 0 Å². The maximum absolute atomic E-state index is 13.1. The molecule has 0 fully saturated rings. The highest BCUT2D eigenvalue weighted by atomic mass is 19.4. The van der Waals surface area contributed by atoms with Crippen molar-refractivity contribution in [3.05, 3.63) is 58.4 Å². The predicted octanol–water partition coefficient (Wildman–Crippen LogP) is 4.56. The summed E-state index contributed by atoms with van der Waals surface area (Å²) in [5.41, 5.74) is 1.45. The van der Waals surface area contributed by atoms with Crippen molar-refractivity contribution >= 4 is 12.0 Å². The molecule has 30 heavy (non-hydrogen) atoms. The number of alkyl halides is 3. The van der Waals surface area contributed by atoms with Gasteiger partial charge in [0.05, 0.1) is 5.56 Å². The van der Waals surface area contributed by atoms with Gasteiger partial charge >= 0.3 is 6.18 Å². The Morgan fingerprint density at radius 2 is 2.03 bits per heavy atom. The first kappa shape index (κ1) is 23.2. The Morgan fingerprint density at radius 1 is 1.30 bits per heavy atom. The number of hydrogen-bond donors (Lipinski definition) is 1. The summed E-state index contributed by atoms with van der Waals surface area (Å²) in [7, 11) is 0. The zero-order chi connectivity index (χ0) is 22.3. The molecule has 0 bridgehead atoms. The third kappa shape index (κ3) is 5.74. The van der Waals surface area contributed by atoms with Gasteiger partial charge < -0.3 is 14.6 Å². The van der Waals surface area contributed by atoms with Crippen molar-refractivity contribution in [2.75, 3.05) is 19.8 Å². The summed E-state index contributed by atoms with van der Waals surface area (Å²) in [6.07, 6.45) is -2.37. The van der Waals surface area contributed by atoms with Crippen molar-refractivity contribution in [1.29, 1.82) is 5.26 Å². The highest BCUT2D eigenvalue weighted by Gasteiger charge is 2.30. The first-order valence-electron chi connectivity index (χ1n) is 9.53. The second kappa shape index (κ2) is 10.1. The van der Waals surface area contributed by atoms with Crippen LogP contribution in [0.4, 0.5) is 13.2 Å². The fourth-order valence-electron chi connectivity index (χ4n) is 3.07. The highest BCUT2D eigenvalue weighted by molar-refractivity contribution is 6.01. The number of nitrogens with zero attached hydrogens (tertiary/aromatic N) is 2. The number of amides is 1. The van der Waals surface area contributed by atoms with E-state index in [2.05, 4.69) is 5.32 Å². The van der Waals surface area contributed by atoms with E-state index < -0.39 is 17.6 Å². The van der Waals surface area contributed by atoms with Crippen molar-refractivity contribution < 1.29 is 22.7 Å². The number of carbonyl (C=O) groups is 1. The molecule has 0 aliphatic rings. The normalized spacial score (nSPS) is 12.0. The number of halogens is 3. The number of nitriles is 1. The molecule has 0 aliphatic heterocycles. The minimum Gasteiger partial charge on any atom is -0.382 e. The minimum absolute atomic E-state index is 0.0734. The van der Waals surface area contributed by atoms with Crippen molar-refractivity contribution in [1.82, 2.24) is 9.88 Å². The summed E-state index contributed by atoms with van der Waals surface area (Å²) >= 11 is 0. The topological polar surface area (TPSA) is 67.0 Å². The SMILES string of the molecule is CCOCCCNC(=O)/C(C#N)=C/c1cc(C)n(-c2cccc(C(F)(F)F)c2)c1C. The van der Waals surface area contributed by atoms with Crippen LogP contribution in [0.1, 0.15) is 35.9 Å². The monoisotopic (exact) mass is 419 g/mol. The third-order valence-electron chi connectivity index (χ3n) is 4.52. The molecule has 8 heteroatoms. The molecular formula is C22H24F3N3O2. The molecule has 2 rings (SSSR count). The largest absolute Gasteiger partial charge is 0.416 e. The van der Waals surface area contributed by atoms with Crippen molar-refractivity contribution in [2.24, 2.45) is 0 Å². The summed E-state index contributed by atoms with van der Waals surface area (Å²) in [4.78, 5) is 12.3. The maximum atomic E-state index is 13.1. The van der Waals surface area contributed by atoms with Crippen LogP contribution in [-0.4, -0.2) is 30.2 Å². The number of benzene rings is 1. The number of rotatable bonds is 8. The zero-order valence-corrected chi connectivity index (χ0v) is 17.1. The Bertz CT molecular complexity index is 969. The summed E-state index contributed by atoms with van der Waals surface area (Å²) in [5, 5.41) is 12.0. The molecule has 0 saturated heterocycles. The Hall–Kier alpha value is -3.05. The fraction of sp³-hybridized carbons (Fsp3) is 0.364. The van der Waals surface area contributed by atoms with E-state index in [-0.39, 0.29) is 5.57 Å². The fourth-order valence-corrected chi connectivity index (χ4v) is 3.07. The van der Waals surface area contributed by atoms with E-state index >= 15 is 0 Å². The maximum Gasteiger partial charge on any atom is 0.416 e. The quantitative estimate of drug-likeness (QED) is 0.387. The first-order valence-corrected chi connectivity index (χ1v) is 9.53. The average molecular weight is 419 g/mol. The van der Waals surface area contributed by atoms with Crippen LogP contribution >= 0.6 is 0 Å². The zero-order valence-electron chi connectivity index (χ0n) is 17.1. The number of hydrogen-bond acceptors (Lipinski definition) is 3. The van der Waals surface area contributed by atoms with E-state index in [1.165, 1.54) is 12.1 Å². The van der Waals surface area contributed by atoms with Crippen LogP contribution in [0, 0.1) is 25.2 Å². The van der Waals surface area contributed by atoms with E-state index in [1.54, 1.807) is 30.5 Å². The molecule has 0 atom stereocenters. The number of nitrogens with one attached hydrogen (secondary N) is 1. The van der Waals surface area contributed by atoms with Crippen molar-refractivity contribution in [3.63, 3.8) is 0 Å². The van der Waals surface area contributed by atoms with E-state index in [4.69, 9.17) is 4.74 Å². The summed E-state index contributed by atoms with van der Waals surface area (Å²) < 4.78 is 46.0. The van der Waals surface area contributed by atoms with Crippen LogP contribution in [0.15, 0.2) is 35.9 Å². The smallest absolute Gasteiger partial charge is 0.382 e. The molecule has 0 aliphatic carbocycles. The lowest BCUT2D eigenvalue weighted by Crippen LogP contribution is -2.26. The second-order valence-electron chi connectivity index (χ2n) is 6.69. The summed E-state index contributed by atoms with van der Waals surface area (Å²) in [6, 6.07) is 8.64. The lowest BCUT2D eigenvalue weighted by molar-refractivity contribution is -0.137. The van der Waals surface area contributed by atoms with Crippen molar-refractivity contribution in [3.8, 4) is 11.8 Å². The molecule has 1 heterocycles. The Kier molecular flexibility index (Phi) is 7.84. The van der Waals surface area contributed by atoms with Gasteiger partial charge in [-0.3, -0.25) is 4.79 Å². The molecule has 1 aromatic heterocycles. The number of carbonyl (C=O) groups excluding carboxylic acids is 1. The average Bonchev–Trinajstić information content (AvgIpc) is 2.98. The van der Waals surface area contributed by atoms with Gasteiger partial charge in [-0.2, -0.15) is 18.4 Å². The molecule has 1 aromatic carbocycles. The summed E-state index contributed by atoms with van der Waals surface area (Å²) in [5.74, 6) is -0.502. The van der Waals surface area contributed by atoms with E-state index in [1.807, 2.05) is 13.0 Å². The first-order chi connectivity index (χ1) is 14.2. The van der Waals surface area contributed by atoms with E-state index in [0.29, 0.717) is 48.8 Å². The van der Waals surface area contributed by atoms with E-state index in [9.17, 15) is 23.2 Å². The van der Waals surface area contributed by atoms with Gasteiger partial charge in [0.15, 0.2) is 0 Å². The van der Waals surface area contributed by atoms with Crippen molar-refractivity contribution in [2.45, 2.75) is 33.4 Å². The molecular weight excluding hydrogens is 395 g/mol. The van der Waals surface area contributed by atoms with Gasteiger partial charge in [0.25, 0.3) is 5.91 Å². The number of aryl methyl sites for hydroxylation is 1. The Labute approximate surface area is 173 Å². The predicted molar refractivity (Wildman–Crippen MR) is 108 cm³/mol. The van der Waals surface area contributed by atoms with Crippen LogP contribution < -0.4 is 5.32 Å². The lowest BCUT2D eigenvalue weighted by Gasteiger charge is -2.13. The molecule has 0 saturated carbocycles. The van der Waals surface area contributed by atoms with Gasteiger partial charge in [0.1, 0.15) is 11.6 Å². The molecule has 1 amide bonds. The van der Waals surface area contributed by atoms with E-state index in [0.717, 1.165) is 12.1 Å². The van der Waals surface area contributed by atoms with Gasteiger partial charge in [0.2, 0.25) is 0 Å². The second-order valence-corrected chi connectivity index (χ2v) is 6.69. The van der Waals surface area contributed by atoms with Crippen LogP contribution in [-0.2, 0) is 15.7 Å². The molecule has 2 aromatic rings.